The summed E-state index contributed by atoms with van der Waals surface area (Å²) in [6, 6.07) is 13.1. The van der Waals surface area contributed by atoms with Gasteiger partial charge in [0.1, 0.15) is 5.69 Å². The second-order valence-corrected chi connectivity index (χ2v) is 9.13. The lowest BCUT2D eigenvalue weighted by Crippen LogP contribution is -2.75. The molecule has 10 nitrogen and oxygen atoms in total. The van der Waals surface area contributed by atoms with Gasteiger partial charge in [-0.3, -0.25) is 14.4 Å². The van der Waals surface area contributed by atoms with Gasteiger partial charge in [-0.2, -0.15) is 13.2 Å². The van der Waals surface area contributed by atoms with Gasteiger partial charge in [-0.25, -0.2) is 4.98 Å². The van der Waals surface area contributed by atoms with Crippen molar-refractivity contribution in [3.63, 3.8) is 0 Å². The number of aromatic nitrogens is 1. The summed E-state index contributed by atoms with van der Waals surface area (Å²) in [6.45, 7) is 3.61. The number of nitrogens with zero attached hydrogens (tertiary/aromatic N) is 1. The fourth-order valence-electron chi connectivity index (χ4n) is 3.89. The van der Waals surface area contributed by atoms with E-state index in [1.807, 2.05) is 30.3 Å². The predicted molar refractivity (Wildman–Crippen MR) is 142 cm³/mol. The summed E-state index contributed by atoms with van der Waals surface area (Å²) in [4.78, 5) is 39.4. The molecule has 13 heteroatoms. The number of H-pyrrole nitrogens is 1. The number of amides is 3. The van der Waals surface area contributed by atoms with E-state index in [9.17, 15) is 27.6 Å². The molecule has 40 heavy (non-hydrogen) atoms. The van der Waals surface area contributed by atoms with Crippen LogP contribution in [0, 0.1) is 0 Å². The molecule has 0 aliphatic carbocycles. The van der Waals surface area contributed by atoms with Crippen LogP contribution in [-0.4, -0.2) is 61.4 Å². The zero-order valence-electron chi connectivity index (χ0n) is 22.5. The smallest absolute Gasteiger partial charge is 0.356 e. The summed E-state index contributed by atoms with van der Waals surface area (Å²) in [5, 5.41) is 6.36. The van der Waals surface area contributed by atoms with Crippen LogP contribution in [-0.2, 0) is 27.0 Å². The van der Waals surface area contributed by atoms with Gasteiger partial charge >= 0.3 is 6.18 Å². The van der Waals surface area contributed by atoms with Crippen LogP contribution < -0.4 is 32.8 Å². The number of nitrogens with one attached hydrogen (secondary N) is 3. The number of alkyl halides is 3. The lowest BCUT2D eigenvalue weighted by Gasteiger charge is -2.22. The SMILES string of the molecule is CC(Cc1ccc(C(F)(F)F)cc1)NC(=O)C([NH3+])C(=O)N(CC[NH3+])CC[NH3+].O=CNc1c[nH+]c2ccccc2c1. The Balaban J connectivity index is 0.000000355. The maximum atomic E-state index is 12.6. The van der Waals surface area contributed by atoms with E-state index in [1.165, 1.54) is 17.0 Å². The number of hydrogen-bond acceptors (Lipinski definition) is 3. The maximum Gasteiger partial charge on any atom is 0.416 e. The molecule has 0 saturated carbocycles. The van der Waals surface area contributed by atoms with E-state index in [0.717, 1.165) is 28.7 Å². The molecule has 3 rings (SSSR count). The van der Waals surface area contributed by atoms with E-state index in [-0.39, 0.29) is 11.9 Å². The van der Waals surface area contributed by atoms with E-state index in [1.54, 1.807) is 13.1 Å². The molecule has 0 spiro atoms. The first-order valence-electron chi connectivity index (χ1n) is 12.8. The van der Waals surface area contributed by atoms with Crippen LogP contribution in [0.4, 0.5) is 18.9 Å². The lowest BCUT2D eigenvalue weighted by atomic mass is 10.0. The molecular formula is C27H38F3N7O3+4. The first-order valence-corrected chi connectivity index (χ1v) is 12.8. The van der Waals surface area contributed by atoms with Gasteiger partial charge < -0.3 is 32.7 Å². The Morgan fingerprint density at radius 3 is 2.25 bits per heavy atom. The van der Waals surface area contributed by atoms with Gasteiger partial charge in [-0.1, -0.05) is 24.3 Å². The zero-order valence-corrected chi connectivity index (χ0v) is 22.5. The van der Waals surface area contributed by atoms with Gasteiger partial charge in [0.15, 0.2) is 6.20 Å². The Kier molecular flexibility index (Phi) is 12.5. The zero-order chi connectivity index (χ0) is 29.7. The Bertz CT molecular complexity index is 1250. The number of hydrogen-bond donors (Lipinski definition) is 5. The quantitative estimate of drug-likeness (QED) is 0.147. The maximum absolute atomic E-state index is 12.6. The number of carbonyl (C=O) groups is 3. The van der Waals surface area contributed by atoms with Gasteiger partial charge in [0.25, 0.3) is 11.8 Å². The van der Waals surface area contributed by atoms with Gasteiger partial charge in [-0.15, -0.1) is 0 Å². The van der Waals surface area contributed by atoms with E-state index >= 15 is 0 Å². The topological polar surface area (TPSA) is 176 Å². The molecule has 0 radical (unpaired) electrons. The van der Waals surface area contributed by atoms with Crippen LogP contribution >= 0.6 is 0 Å². The average molecular weight is 566 g/mol. The first-order chi connectivity index (χ1) is 19.0. The minimum absolute atomic E-state index is 0.340. The molecule has 2 aromatic carbocycles. The van der Waals surface area contributed by atoms with Crippen molar-refractivity contribution >= 4 is 34.8 Å². The van der Waals surface area contributed by atoms with Crippen molar-refractivity contribution in [1.29, 1.82) is 0 Å². The Morgan fingerprint density at radius 1 is 1.05 bits per heavy atom. The molecule has 3 aromatic rings. The number of anilines is 1. The lowest BCUT2D eigenvalue weighted by molar-refractivity contribution is -0.395. The monoisotopic (exact) mass is 565 g/mol. The number of para-hydroxylation sites is 1. The molecule has 0 fully saturated rings. The van der Waals surface area contributed by atoms with E-state index in [4.69, 9.17) is 0 Å². The van der Waals surface area contributed by atoms with Crippen LogP contribution in [0.1, 0.15) is 18.1 Å². The largest absolute Gasteiger partial charge is 0.416 e. The highest BCUT2D eigenvalue weighted by atomic mass is 19.4. The third kappa shape index (κ3) is 9.91. The second kappa shape index (κ2) is 15.5. The molecule has 2 atom stereocenters. The summed E-state index contributed by atoms with van der Waals surface area (Å²) in [5.41, 5.74) is 12.8. The van der Waals surface area contributed by atoms with Gasteiger partial charge in [0.2, 0.25) is 18.0 Å². The molecule has 0 saturated heterocycles. The molecule has 216 valence electrons. The summed E-state index contributed by atoms with van der Waals surface area (Å²) in [7, 11) is 0. The highest BCUT2D eigenvalue weighted by Gasteiger charge is 2.32. The van der Waals surface area contributed by atoms with Crippen molar-refractivity contribution in [2.45, 2.75) is 31.6 Å². The Hall–Kier alpha value is -4.07. The third-order valence-electron chi connectivity index (χ3n) is 5.87. The number of aromatic amines is 1. The number of halogens is 3. The molecular weight excluding hydrogens is 527 g/mol. The minimum Gasteiger partial charge on any atom is -0.356 e. The number of fused-ring (bicyclic) bond motifs is 1. The molecule has 12 N–H and O–H groups in total. The highest BCUT2D eigenvalue weighted by Crippen LogP contribution is 2.29. The van der Waals surface area contributed by atoms with Crippen LogP contribution in [0.2, 0.25) is 0 Å². The van der Waals surface area contributed by atoms with Crippen LogP contribution in [0.15, 0.2) is 60.8 Å². The standard InChI is InChI=1S/C17H26F3N5O2.C10H8N2O/c1-11(10-12-2-4-13(5-3-12)17(18,19)20)24-15(26)14(23)16(27)25(8-6-21)9-7-22;13-7-12-9-5-8-3-1-2-4-10(8)11-6-9/h2-5,11,14H,6-10,21-23H2,1H3,(H,24,26);1-7H,(H,12,13)/p+4. The highest BCUT2D eigenvalue weighted by molar-refractivity contribution is 6.02. The molecule has 1 heterocycles. The average Bonchev–Trinajstić information content (AvgIpc) is 2.92. The fraction of sp³-hybridized carbons (Fsp3) is 0.333. The predicted octanol–water partition coefficient (Wildman–Crippen LogP) is -1.10. The number of benzene rings is 2. The number of pyridine rings is 1. The molecule has 1 aromatic heterocycles. The summed E-state index contributed by atoms with van der Waals surface area (Å²) in [6.07, 6.45) is -1.62. The fourth-order valence-corrected chi connectivity index (χ4v) is 3.89. The molecule has 0 aliphatic heterocycles. The summed E-state index contributed by atoms with van der Waals surface area (Å²) < 4.78 is 37.8. The Morgan fingerprint density at radius 2 is 1.68 bits per heavy atom. The van der Waals surface area contributed by atoms with Gasteiger partial charge in [0.05, 0.1) is 31.7 Å². The third-order valence-corrected chi connectivity index (χ3v) is 5.87. The van der Waals surface area contributed by atoms with Gasteiger partial charge in [0, 0.05) is 17.5 Å². The minimum atomic E-state index is -4.38. The molecule has 0 aliphatic rings. The Labute approximate surface area is 230 Å². The number of carbonyl (C=O) groups excluding carboxylic acids is 3. The van der Waals surface area contributed by atoms with Crippen LogP contribution in [0.25, 0.3) is 10.9 Å². The molecule has 3 amide bonds. The molecule has 2 unspecified atom stereocenters. The van der Waals surface area contributed by atoms with Crippen molar-refractivity contribution in [3.8, 4) is 0 Å². The number of quaternary nitrogens is 3. The van der Waals surface area contributed by atoms with Crippen molar-refractivity contribution in [1.82, 2.24) is 10.2 Å². The summed E-state index contributed by atoms with van der Waals surface area (Å²) in [5.74, 6) is -0.904. The van der Waals surface area contributed by atoms with Crippen molar-refractivity contribution in [3.05, 3.63) is 71.9 Å². The summed E-state index contributed by atoms with van der Waals surface area (Å²) >= 11 is 0. The molecule has 0 bridgehead atoms. The van der Waals surface area contributed by atoms with Crippen LogP contribution in [0.3, 0.4) is 0 Å². The first kappa shape index (κ1) is 32.1. The van der Waals surface area contributed by atoms with E-state index in [2.05, 4.69) is 32.8 Å². The van der Waals surface area contributed by atoms with E-state index in [0.29, 0.717) is 44.6 Å². The number of rotatable bonds is 11. The van der Waals surface area contributed by atoms with Crippen molar-refractivity contribution in [2.75, 3.05) is 31.5 Å². The van der Waals surface area contributed by atoms with E-state index < -0.39 is 23.7 Å². The normalized spacial score (nSPS) is 12.5. The second-order valence-electron chi connectivity index (χ2n) is 9.13. The van der Waals surface area contributed by atoms with Gasteiger partial charge in [-0.05, 0) is 43.2 Å². The van der Waals surface area contributed by atoms with Crippen molar-refractivity contribution in [2.24, 2.45) is 0 Å². The van der Waals surface area contributed by atoms with Crippen molar-refractivity contribution < 1.29 is 49.7 Å². The van der Waals surface area contributed by atoms with Crippen LogP contribution in [0.5, 0.6) is 0 Å².